The number of aliphatic hydroxyl groups is 1. The van der Waals surface area contributed by atoms with E-state index in [1.165, 1.54) is 10.9 Å². The predicted octanol–water partition coefficient (Wildman–Crippen LogP) is -1.06. The van der Waals surface area contributed by atoms with Crippen LogP contribution in [0.4, 0.5) is 4.39 Å². The van der Waals surface area contributed by atoms with Gasteiger partial charge in [0.2, 0.25) is 0 Å². The van der Waals surface area contributed by atoms with E-state index in [9.17, 15) is 14.3 Å². The van der Waals surface area contributed by atoms with Crippen LogP contribution in [0.1, 0.15) is 6.23 Å². The summed E-state index contributed by atoms with van der Waals surface area (Å²) >= 11 is 4.28. The van der Waals surface area contributed by atoms with Gasteiger partial charge in [0.1, 0.15) is 12.2 Å². The van der Waals surface area contributed by atoms with E-state index >= 15 is 0 Å². The van der Waals surface area contributed by atoms with Crippen LogP contribution in [0, 0.1) is 0 Å². The molecule has 1 saturated heterocycles. The molecule has 3 rings (SSSR count). The number of alkyl halides is 1. The minimum atomic E-state index is -3.95. The molecule has 4 atom stereocenters. The van der Waals surface area contributed by atoms with Crippen molar-refractivity contribution in [3.05, 3.63) is 23.0 Å². The van der Waals surface area contributed by atoms with Crippen molar-refractivity contribution in [1.29, 1.82) is 0 Å². The lowest BCUT2D eigenvalue weighted by molar-refractivity contribution is -0.0429. The van der Waals surface area contributed by atoms with E-state index in [0.717, 1.165) is 6.33 Å². The van der Waals surface area contributed by atoms with Gasteiger partial charge in [-0.3, -0.25) is 9.36 Å². The van der Waals surface area contributed by atoms with Crippen molar-refractivity contribution in [3.8, 4) is 0 Å². The lowest BCUT2D eigenvalue weighted by Gasteiger charge is -2.16. The summed E-state index contributed by atoms with van der Waals surface area (Å²) in [5.74, 6) is 0. The van der Waals surface area contributed by atoms with Crippen molar-refractivity contribution in [1.82, 2.24) is 19.5 Å². The Morgan fingerprint density at radius 1 is 1.52 bits per heavy atom. The van der Waals surface area contributed by atoms with Crippen LogP contribution < -0.4 is 5.56 Å². The van der Waals surface area contributed by atoms with Crippen LogP contribution in [-0.2, 0) is 21.1 Å². The van der Waals surface area contributed by atoms with Gasteiger partial charge < -0.3 is 29.1 Å². The number of nitrogens with one attached hydrogen (secondary N) is 1. The zero-order chi connectivity index (χ0) is 16.8. The smallest absolute Gasteiger partial charge is 0.321 e. The first-order valence-corrected chi connectivity index (χ1v) is 8.98. The Hall–Kier alpha value is -1.27. The van der Waals surface area contributed by atoms with Gasteiger partial charge in [-0.1, -0.05) is 0 Å². The fourth-order valence-corrected chi connectivity index (χ4v) is 2.81. The van der Waals surface area contributed by atoms with Gasteiger partial charge in [-0.05, 0) is 11.8 Å². The first-order chi connectivity index (χ1) is 10.8. The molecule has 0 amide bonds. The number of imidazole rings is 1. The molecule has 1 aliphatic heterocycles. The van der Waals surface area contributed by atoms with E-state index < -0.39 is 43.5 Å². The maximum Gasteiger partial charge on any atom is 0.321 e. The van der Waals surface area contributed by atoms with Gasteiger partial charge in [-0.15, -0.1) is 0 Å². The second kappa shape index (κ2) is 5.98. The number of aromatic amines is 1. The first-order valence-electron chi connectivity index (χ1n) is 6.36. The highest BCUT2D eigenvalue weighted by molar-refractivity contribution is 8.06. The van der Waals surface area contributed by atoms with E-state index in [2.05, 4.69) is 31.3 Å². The van der Waals surface area contributed by atoms with Crippen molar-refractivity contribution in [2.24, 2.45) is 0 Å². The number of nitrogens with zero attached hydrogens (tertiary/aromatic N) is 3. The molecule has 10 nitrogen and oxygen atoms in total. The van der Waals surface area contributed by atoms with E-state index in [-0.39, 0.29) is 11.2 Å². The molecular weight excluding hydrogens is 354 g/mol. The summed E-state index contributed by atoms with van der Waals surface area (Å²) in [7, 11) is 0. The number of aliphatic hydroxyl groups excluding tert-OH is 1. The normalized spacial score (nSPS) is 28.5. The van der Waals surface area contributed by atoms with Crippen LogP contribution in [0.25, 0.3) is 11.2 Å². The second-order valence-electron chi connectivity index (χ2n) is 4.84. The summed E-state index contributed by atoms with van der Waals surface area (Å²) in [5.41, 5.74) is -0.410. The maximum atomic E-state index is 14.3. The predicted molar refractivity (Wildman–Crippen MR) is 77.6 cm³/mol. The molecule has 23 heavy (non-hydrogen) atoms. The first kappa shape index (κ1) is 16.6. The molecule has 4 N–H and O–H groups in total. The number of rotatable bonds is 4. The third-order valence-corrected chi connectivity index (χ3v) is 4.14. The zero-order valence-corrected chi connectivity index (χ0v) is 13.0. The highest BCUT2D eigenvalue weighted by Gasteiger charge is 2.46. The van der Waals surface area contributed by atoms with Crippen molar-refractivity contribution in [3.63, 3.8) is 0 Å². The van der Waals surface area contributed by atoms with Gasteiger partial charge in [0, 0.05) is 0 Å². The molecule has 2 aromatic rings. The number of H-pyrrole nitrogens is 1. The molecule has 13 heteroatoms. The Bertz CT molecular complexity index is 823. The zero-order valence-electron chi connectivity index (χ0n) is 11.3. The van der Waals surface area contributed by atoms with Gasteiger partial charge in [-0.25, -0.2) is 14.4 Å². The fourth-order valence-electron chi connectivity index (χ4n) is 2.29. The Morgan fingerprint density at radius 2 is 2.26 bits per heavy atom. The number of hydrogen-bond acceptors (Lipinski definition) is 7. The SMILES string of the molecule is O=c1[nH]cnc2c1ncn2[C@@H]1O[C@H](COP(O)(O)=S)[C@@H](O)[C@@H]1F. The van der Waals surface area contributed by atoms with Gasteiger partial charge in [0.15, 0.2) is 23.6 Å². The van der Waals surface area contributed by atoms with Crippen LogP contribution in [0.15, 0.2) is 17.4 Å². The van der Waals surface area contributed by atoms with Gasteiger partial charge in [-0.2, -0.15) is 0 Å². The Morgan fingerprint density at radius 3 is 2.96 bits per heavy atom. The Kier molecular flexibility index (Phi) is 4.31. The lowest BCUT2D eigenvalue weighted by Crippen LogP contribution is -2.31. The highest BCUT2D eigenvalue weighted by atomic mass is 32.5. The summed E-state index contributed by atoms with van der Waals surface area (Å²) in [6.07, 6.45) is -3.61. The third-order valence-electron chi connectivity index (χ3n) is 3.34. The molecule has 0 bridgehead atoms. The summed E-state index contributed by atoms with van der Waals surface area (Å²) in [6.45, 7) is -4.44. The number of fused-ring (bicyclic) bond motifs is 1. The van der Waals surface area contributed by atoms with Crippen molar-refractivity contribution in [2.75, 3.05) is 6.61 Å². The maximum absolute atomic E-state index is 14.3. The van der Waals surface area contributed by atoms with E-state index in [0.29, 0.717) is 0 Å². The van der Waals surface area contributed by atoms with E-state index in [1.807, 2.05) is 0 Å². The summed E-state index contributed by atoms with van der Waals surface area (Å²) < 4.78 is 25.4. The third kappa shape index (κ3) is 3.19. The topological polar surface area (TPSA) is 143 Å². The molecule has 3 heterocycles. The molecule has 0 aromatic carbocycles. The quantitative estimate of drug-likeness (QED) is 0.498. The van der Waals surface area contributed by atoms with Crippen molar-refractivity contribution < 1.29 is 28.5 Å². The van der Waals surface area contributed by atoms with Crippen LogP contribution in [-0.4, -0.2) is 59.4 Å². The van der Waals surface area contributed by atoms with Crippen molar-refractivity contribution in [2.45, 2.75) is 24.6 Å². The minimum Gasteiger partial charge on any atom is -0.387 e. The highest BCUT2D eigenvalue weighted by Crippen LogP contribution is 2.39. The van der Waals surface area contributed by atoms with E-state index in [1.54, 1.807) is 0 Å². The van der Waals surface area contributed by atoms with Crippen LogP contribution in [0.5, 0.6) is 0 Å². The molecule has 0 aliphatic carbocycles. The molecule has 0 saturated carbocycles. The molecule has 0 radical (unpaired) electrons. The molecule has 0 unspecified atom stereocenters. The fraction of sp³-hybridized carbons (Fsp3) is 0.500. The van der Waals surface area contributed by atoms with E-state index in [4.69, 9.17) is 14.5 Å². The average molecular weight is 366 g/mol. The molecule has 126 valence electrons. The number of hydrogen-bond donors (Lipinski definition) is 4. The molecule has 2 aromatic heterocycles. The summed E-state index contributed by atoms with van der Waals surface area (Å²) in [4.78, 5) is 39.7. The number of halogens is 1. The van der Waals surface area contributed by atoms with Crippen LogP contribution in [0.3, 0.4) is 0 Å². The molecule has 1 fully saturated rings. The van der Waals surface area contributed by atoms with Crippen LogP contribution in [0.2, 0.25) is 0 Å². The largest absolute Gasteiger partial charge is 0.387 e. The monoisotopic (exact) mass is 366 g/mol. The number of ether oxygens (including phenoxy) is 1. The molecular formula is C10H12FN4O6PS. The minimum absolute atomic E-state index is 0.00120. The van der Waals surface area contributed by atoms with Gasteiger partial charge >= 0.3 is 6.72 Å². The van der Waals surface area contributed by atoms with Crippen LogP contribution >= 0.6 is 6.72 Å². The average Bonchev–Trinajstić information content (AvgIpc) is 3.01. The number of aromatic nitrogens is 4. The summed E-state index contributed by atoms with van der Waals surface area (Å²) in [5, 5.41) is 9.86. The molecule has 0 spiro atoms. The van der Waals surface area contributed by atoms with Crippen molar-refractivity contribution >= 4 is 29.7 Å². The Balaban J connectivity index is 1.87. The second-order valence-corrected chi connectivity index (χ2v) is 7.51. The summed E-state index contributed by atoms with van der Waals surface area (Å²) in [6, 6.07) is 0. The lowest BCUT2D eigenvalue weighted by atomic mass is 10.1. The van der Waals surface area contributed by atoms with Gasteiger partial charge in [0.05, 0.1) is 19.3 Å². The standard InChI is InChI=1S/C10H12FN4O6PS/c11-5-7(16)4(1-20-22(18,19)23)21-10(5)15-3-14-6-8(15)12-2-13-9(6)17/h2-5,7,10,16H,1H2,(H,12,13,17)(H2,18,19,23)/t4-,5+,7-,10-/m1/s1. The Labute approximate surface area is 132 Å². The molecule has 1 aliphatic rings. The van der Waals surface area contributed by atoms with Gasteiger partial charge in [0.25, 0.3) is 5.56 Å².